The lowest BCUT2D eigenvalue weighted by Gasteiger charge is -2.20. The molecule has 0 aromatic heterocycles. The number of alkyl halides is 8. The average molecular weight is 371 g/mol. The predicted molar refractivity (Wildman–Crippen MR) is 54.5 cm³/mol. The first-order chi connectivity index (χ1) is 8.78. The van der Waals surface area contributed by atoms with Crippen molar-refractivity contribution in [2.75, 3.05) is 0 Å². The molecule has 1 nitrogen and oxygen atoms in total. The van der Waals surface area contributed by atoms with E-state index >= 15 is 0 Å². The third-order valence-electron chi connectivity index (χ3n) is 2.17. The Hall–Kier alpha value is -1.19. The van der Waals surface area contributed by atoms with Crippen LogP contribution in [0.2, 0.25) is 0 Å². The van der Waals surface area contributed by atoms with Crippen molar-refractivity contribution in [3.63, 3.8) is 0 Å². The lowest BCUT2D eigenvalue weighted by atomic mass is 9.99. The van der Waals surface area contributed by atoms with Crippen LogP contribution >= 0.6 is 15.9 Å². The summed E-state index contributed by atoms with van der Waals surface area (Å²) in [6.07, 6.45) is -11.5. The van der Waals surface area contributed by atoms with Gasteiger partial charge in [0.15, 0.2) is 0 Å². The number of rotatable bonds is 2. The number of carbonyl (C=O) groups is 1. The van der Waals surface area contributed by atoms with Crippen molar-refractivity contribution in [2.45, 2.75) is 18.3 Å². The number of ketones is 1. The van der Waals surface area contributed by atoms with Gasteiger partial charge < -0.3 is 0 Å². The number of carbonyl (C=O) groups excluding carboxylic acids is 1. The standard InChI is InChI=1S/C10H3BrF8O/c11-4-1-2-5(6(3-4)9(14,15)16)7(20)8(12,13)10(17,18)19/h1-3H. The van der Waals surface area contributed by atoms with Crippen LogP contribution in [0, 0.1) is 0 Å². The molecule has 0 bridgehead atoms. The maximum absolute atomic E-state index is 12.8. The molecule has 0 aliphatic rings. The van der Waals surface area contributed by atoms with Crippen LogP contribution < -0.4 is 0 Å². The van der Waals surface area contributed by atoms with E-state index in [0.29, 0.717) is 0 Å². The molecule has 0 aliphatic heterocycles. The SMILES string of the molecule is O=C(c1ccc(Br)cc1C(F)(F)F)C(F)(F)C(F)(F)F. The highest BCUT2D eigenvalue weighted by Crippen LogP contribution is 2.41. The predicted octanol–water partition coefficient (Wildman–Crippen LogP) is 4.85. The van der Waals surface area contributed by atoms with Gasteiger partial charge in [-0.2, -0.15) is 35.1 Å². The molecule has 1 aromatic carbocycles. The second-order valence-corrected chi connectivity index (χ2v) is 4.50. The van der Waals surface area contributed by atoms with Gasteiger partial charge in [-0.1, -0.05) is 15.9 Å². The first-order valence-corrected chi connectivity index (χ1v) is 5.44. The number of halogens is 9. The van der Waals surface area contributed by atoms with Gasteiger partial charge in [-0.25, -0.2) is 0 Å². The second-order valence-electron chi connectivity index (χ2n) is 3.59. The number of hydrogen-bond acceptors (Lipinski definition) is 1. The summed E-state index contributed by atoms with van der Waals surface area (Å²) in [6.45, 7) is 0. The van der Waals surface area contributed by atoms with Crippen LogP contribution in [0.4, 0.5) is 35.1 Å². The Labute approximate surface area is 114 Å². The van der Waals surface area contributed by atoms with Crippen LogP contribution in [-0.2, 0) is 6.18 Å². The highest BCUT2D eigenvalue weighted by Gasteiger charge is 2.64. The molecule has 1 rings (SSSR count). The Morgan fingerprint density at radius 3 is 1.85 bits per heavy atom. The van der Waals surface area contributed by atoms with Crippen molar-refractivity contribution in [3.8, 4) is 0 Å². The molecule has 10 heteroatoms. The maximum Gasteiger partial charge on any atom is 0.461 e. The van der Waals surface area contributed by atoms with Gasteiger partial charge in [-0.15, -0.1) is 0 Å². The summed E-state index contributed by atoms with van der Waals surface area (Å²) in [7, 11) is 0. The molecule has 0 aliphatic carbocycles. The smallest absolute Gasteiger partial charge is 0.287 e. The lowest BCUT2D eigenvalue weighted by molar-refractivity contribution is -0.256. The van der Waals surface area contributed by atoms with Crippen LogP contribution in [0.5, 0.6) is 0 Å². The van der Waals surface area contributed by atoms with E-state index in [9.17, 15) is 39.9 Å². The molecule has 1 aromatic rings. The minimum absolute atomic E-state index is 0.225. The van der Waals surface area contributed by atoms with Crippen molar-refractivity contribution in [1.82, 2.24) is 0 Å². The van der Waals surface area contributed by atoms with Gasteiger partial charge in [0.2, 0.25) is 5.78 Å². The van der Waals surface area contributed by atoms with Crippen LogP contribution in [0.25, 0.3) is 0 Å². The average Bonchev–Trinajstić information content (AvgIpc) is 2.25. The molecular formula is C10H3BrF8O. The largest absolute Gasteiger partial charge is 0.461 e. The van der Waals surface area contributed by atoms with Gasteiger partial charge in [0.1, 0.15) is 0 Å². The van der Waals surface area contributed by atoms with Crippen molar-refractivity contribution in [1.29, 1.82) is 0 Å². The zero-order chi connectivity index (χ0) is 15.9. The third kappa shape index (κ3) is 3.10. The Bertz CT molecular complexity index is 531. The quantitative estimate of drug-likeness (QED) is 0.537. The second kappa shape index (κ2) is 4.97. The zero-order valence-corrected chi connectivity index (χ0v) is 10.6. The molecule has 0 radical (unpaired) electrons. The van der Waals surface area contributed by atoms with E-state index in [1.165, 1.54) is 0 Å². The fourth-order valence-electron chi connectivity index (χ4n) is 1.25. The lowest BCUT2D eigenvalue weighted by Crippen LogP contribution is -2.44. The maximum atomic E-state index is 12.8. The van der Waals surface area contributed by atoms with E-state index in [0.717, 1.165) is 6.07 Å². The van der Waals surface area contributed by atoms with Crippen LogP contribution in [0.1, 0.15) is 15.9 Å². The molecule has 0 heterocycles. The molecule has 0 amide bonds. The van der Waals surface area contributed by atoms with E-state index in [4.69, 9.17) is 0 Å². The zero-order valence-electron chi connectivity index (χ0n) is 9.04. The van der Waals surface area contributed by atoms with E-state index < -0.39 is 35.2 Å². The first-order valence-electron chi connectivity index (χ1n) is 4.64. The molecule has 0 spiro atoms. The summed E-state index contributed by atoms with van der Waals surface area (Å²) in [5.41, 5.74) is -3.62. The van der Waals surface area contributed by atoms with Crippen molar-refractivity contribution in [3.05, 3.63) is 33.8 Å². The molecule has 0 unspecified atom stereocenters. The van der Waals surface area contributed by atoms with Gasteiger partial charge in [0, 0.05) is 10.0 Å². The summed E-state index contributed by atoms with van der Waals surface area (Å²) in [5, 5.41) is 0. The van der Waals surface area contributed by atoms with E-state index in [1.54, 1.807) is 0 Å². The van der Waals surface area contributed by atoms with Crippen LogP contribution in [0.3, 0.4) is 0 Å². The number of hydrogen-bond donors (Lipinski definition) is 0. The molecule has 0 fully saturated rings. The highest BCUT2D eigenvalue weighted by molar-refractivity contribution is 9.10. The Morgan fingerprint density at radius 1 is 0.950 bits per heavy atom. The molecule has 112 valence electrons. The summed E-state index contributed by atoms with van der Waals surface area (Å²) in [6, 6.07) is 1.27. The van der Waals surface area contributed by atoms with Gasteiger partial charge in [-0.3, -0.25) is 4.79 Å². The minimum Gasteiger partial charge on any atom is -0.287 e. The molecule has 0 saturated carbocycles. The number of Topliss-reactive ketones (excluding diaryl/α,β-unsaturated/α-hetero) is 1. The molecule has 0 saturated heterocycles. The van der Waals surface area contributed by atoms with E-state index in [-0.39, 0.29) is 16.6 Å². The summed E-state index contributed by atoms with van der Waals surface area (Å²) < 4.78 is 99.2. The van der Waals surface area contributed by atoms with E-state index in [2.05, 4.69) is 15.9 Å². The summed E-state index contributed by atoms with van der Waals surface area (Å²) in [4.78, 5) is 11.1. The number of benzene rings is 1. The first kappa shape index (κ1) is 16.9. The molecule has 0 N–H and O–H groups in total. The minimum atomic E-state index is -6.28. The molecule has 20 heavy (non-hydrogen) atoms. The van der Waals surface area contributed by atoms with Gasteiger partial charge in [0.05, 0.1) is 5.56 Å². The fraction of sp³-hybridized carbons (Fsp3) is 0.300. The summed E-state index contributed by atoms with van der Waals surface area (Å²) >= 11 is 2.61. The third-order valence-corrected chi connectivity index (χ3v) is 2.67. The molecular weight excluding hydrogens is 368 g/mol. The van der Waals surface area contributed by atoms with Gasteiger partial charge in [0.25, 0.3) is 0 Å². The van der Waals surface area contributed by atoms with Crippen molar-refractivity contribution in [2.24, 2.45) is 0 Å². The van der Waals surface area contributed by atoms with Gasteiger partial charge in [-0.05, 0) is 18.2 Å². The highest BCUT2D eigenvalue weighted by atomic mass is 79.9. The topological polar surface area (TPSA) is 17.1 Å². The van der Waals surface area contributed by atoms with Crippen molar-refractivity contribution < 1.29 is 39.9 Å². The van der Waals surface area contributed by atoms with Crippen LogP contribution in [0.15, 0.2) is 22.7 Å². The van der Waals surface area contributed by atoms with Gasteiger partial charge >= 0.3 is 18.3 Å². The fourth-order valence-corrected chi connectivity index (χ4v) is 1.61. The Kier molecular flexibility index (Phi) is 4.19. The monoisotopic (exact) mass is 370 g/mol. The normalized spacial score (nSPS) is 13.4. The van der Waals surface area contributed by atoms with Crippen LogP contribution in [-0.4, -0.2) is 17.9 Å². The summed E-state index contributed by atoms with van der Waals surface area (Å²) in [5.74, 6) is -8.86. The molecule has 0 atom stereocenters. The van der Waals surface area contributed by atoms with E-state index in [1.807, 2.05) is 0 Å². The Balaban J connectivity index is 3.45. The van der Waals surface area contributed by atoms with Crippen molar-refractivity contribution >= 4 is 21.7 Å². The Morgan fingerprint density at radius 2 is 1.45 bits per heavy atom.